The summed E-state index contributed by atoms with van der Waals surface area (Å²) in [5, 5.41) is 9.99. The Kier molecular flexibility index (Phi) is 22.9. The number of hydrogen-bond acceptors (Lipinski definition) is 3. The van der Waals surface area contributed by atoms with E-state index < -0.39 is 0 Å². The summed E-state index contributed by atoms with van der Waals surface area (Å²) in [6.07, 6.45) is 0. The Morgan fingerprint density at radius 2 is 0.307 bits per heavy atom. The van der Waals surface area contributed by atoms with Crippen LogP contribution in [0.2, 0.25) is 0 Å². The minimum absolute atomic E-state index is 1.11. The maximum absolute atomic E-state index is 2.41. The monoisotopic (exact) mass is 1620 g/mol. The Hall–Kier alpha value is -16.7. The summed E-state index contributed by atoms with van der Waals surface area (Å²) >= 11 is 0. The van der Waals surface area contributed by atoms with Crippen molar-refractivity contribution in [1.29, 1.82) is 0 Å². The van der Waals surface area contributed by atoms with Gasteiger partial charge < -0.3 is 14.7 Å². The average molecular weight is 1620 g/mol. The fraction of sp³-hybridized carbons (Fsp3) is 0. The van der Waals surface area contributed by atoms with Crippen LogP contribution < -0.4 is 14.7 Å². The van der Waals surface area contributed by atoms with E-state index in [1.165, 1.54) is 143 Å². The molecule has 0 fully saturated rings. The van der Waals surface area contributed by atoms with Crippen molar-refractivity contribution in [3.63, 3.8) is 0 Å². The standard InChI is InChI=1S/C46H33N.C44H31N.C34H25N/c1-4-11-34(12-5-1)36-21-27-42(28-22-36)47(43-29-23-37(24-30-43)35-13-6-2-7-14-35)44-31-25-38(26-32-44)41-20-19-40-17-10-18-45(46(40)33-41)39-15-8-3-9-16-39;1-3-13-33(14-4-1)39-22-11-18-36-25-26-37(31-42(36)39)32-27-29-38(30-28-32)45(44-24-12-19-35-17-7-8-20-41(35)44)43-23-10-9-21-40(43)34-15-5-2-6-16-34;1-4-11-27(12-5-1)33-18-10-13-28-19-20-29(25-34(28)33)26-21-23-32(24-22-26)35(30-14-6-2-7-15-30)31-16-8-3-9-17-31/h1-33H;1-31H;1-25H. The fourth-order valence-electron chi connectivity index (χ4n) is 17.6. The molecule has 0 aliphatic heterocycles. The molecular formula is C124H89N3. The molecule has 22 rings (SSSR count). The molecular weight excluding hydrogens is 1530 g/mol. The molecule has 3 nitrogen and oxygen atoms in total. The van der Waals surface area contributed by atoms with Gasteiger partial charge in [-0.1, -0.05) is 425 Å². The van der Waals surface area contributed by atoms with Gasteiger partial charge in [0, 0.05) is 50.8 Å². The fourth-order valence-corrected chi connectivity index (χ4v) is 17.6. The molecule has 0 heterocycles. The van der Waals surface area contributed by atoms with E-state index in [0.29, 0.717) is 0 Å². The molecule has 22 aromatic rings. The highest BCUT2D eigenvalue weighted by Gasteiger charge is 2.22. The van der Waals surface area contributed by atoms with Crippen molar-refractivity contribution in [2.75, 3.05) is 14.7 Å². The van der Waals surface area contributed by atoms with Crippen LogP contribution in [0.4, 0.5) is 51.2 Å². The Bertz CT molecular complexity index is 7340. The minimum Gasteiger partial charge on any atom is -0.311 e. The molecule has 0 aromatic heterocycles. The van der Waals surface area contributed by atoms with Crippen LogP contribution in [0.5, 0.6) is 0 Å². The van der Waals surface area contributed by atoms with E-state index in [1.54, 1.807) is 0 Å². The highest BCUT2D eigenvalue weighted by Crippen LogP contribution is 2.47. The minimum atomic E-state index is 1.11. The Balaban J connectivity index is 0.000000121. The second-order valence-corrected chi connectivity index (χ2v) is 31.8. The molecule has 0 unspecified atom stereocenters. The lowest BCUT2D eigenvalue weighted by molar-refractivity contribution is 1.28. The van der Waals surface area contributed by atoms with E-state index in [-0.39, 0.29) is 0 Å². The first-order valence-electron chi connectivity index (χ1n) is 43.5. The summed E-state index contributed by atoms with van der Waals surface area (Å²) in [6, 6.07) is 193. The van der Waals surface area contributed by atoms with Crippen LogP contribution in [-0.4, -0.2) is 0 Å². The Morgan fingerprint density at radius 1 is 0.102 bits per heavy atom. The molecule has 0 saturated heterocycles. The normalized spacial score (nSPS) is 11.0. The Morgan fingerprint density at radius 3 is 0.646 bits per heavy atom. The molecule has 600 valence electrons. The largest absolute Gasteiger partial charge is 0.311 e. The molecule has 0 amide bonds. The van der Waals surface area contributed by atoms with Gasteiger partial charge in [-0.15, -0.1) is 0 Å². The first kappa shape index (κ1) is 78.8. The van der Waals surface area contributed by atoms with Crippen LogP contribution in [0.3, 0.4) is 0 Å². The lowest BCUT2D eigenvalue weighted by Gasteiger charge is -2.29. The third-order valence-corrected chi connectivity index (χ3v) is 24.0. The van der Waals surface area contributed by atoms with Crippen LogP contribution in [0.15, 0.2) is 540 Å². The van der Waals surface area contributed by atoms with Gasteiger partial charge in [0.25, 0.3) is 0 Å². The quantitative estimate of drug-likeness (QED) is 0.0848. The van der Waals surface area contributed by atoms with Crippen molar-refractivity contribution < 1.29 is 0 Å². The predicted molar refractivity (Wildman–Crippen MR) is 542 cm³/mol. The van der Waals surface area contributed by atoms with E-state index in [0.717, 1.165) is 51.2 Å². The smallest absolute Gasteiger partial charge is 0.0540 e. The molecule has 0 aliphatic rings. The van der Waals surface area contributed by atoms with Gasteiger partial charge >= 0.3 is 0 Å². The summed E-state index contributed by atoms with van der Waals surface area (Å²) in [6.45, 7) is 0. The molecule has 0 N–H and O–H groups in total. The second-order valence-electron chi connectivity index (χ2n) is 31.8. The summed E-state index contributed by atoms with van der Waals surface area (Å²) in [7, 11) is 0. The molecule has 127 heavy (non-hydrogen) atoms. The third-order valence-electron chi connectivity index (χ3n) is 24.0. The maximum Gasteiger partial charge on any atom is 0.0540 e. The predicted octanol–water partition coefficient (Wildman–Crippen LogP) is 35.1. The van der Waals surface area contributed by atoms with Gasteiger partial charge in [-0.2, -0.15) is 0 Å². The van der Waals surface area contributed by atoms with E-state index in [1.807, 2.05) is 0 Å². The SMILES string of the molecule is c1ccc(-c2ccc(N(c3ccc(-c4ccccc4)cc3)c3ccc(-c4ccc5cccc(-c6ccccc6)c5c4)cc3)cc2)cc1.c1ccc(-c2cccc3ccc(-c4ccc(N(c5ccccc5)c5ccccc5)cc4)cc23)cc1.c1ccc(-c2ccccc2N(c2ccc(-c3ccc4cccc(-c5ccccc5)c4c3)cc2)c2cccc3ccccc23)cc1. The number of para-hydroxylation sites is 3. The zero-order valence-corrected chi connectivity index (χ0v) is 70.2. The number of rotatable bonds is 18. The number of benzene rings is 22. The maximum atomic E-state index is 2.41. The summed E-state index contributed by atoms with van der Waals surface area (Å²) in [5.74, 6) is 0. The van der Waals surface area contributed by atoms with E-state index in [2.05, 4.69) is 555 Å². The molecule has 0 aliphatic carbocycles. The number of fused-ring (bicyclic) bond motifs is 4. The lowest BCUT2D eigenvalue weighted by Crippen LogP contribution is -2.11. The zero-order valence-electron chi connectivity index (χ0n) is 70.2. The van der Waals surface area contributed by atoms with Gasteiger partial charge in [0.1, 0.15) is 0 Å². The van der Waals surface area contributed by atoms with Crippen molar-refractivity contribution in [3.05, 3.63) is 540 Å². The van der Waals surface area contributed by atoms with Crippen molar-refractivity contribution in [1.82, 2.24) is 0 Å². The molecule has 3 heteroatoms. The molecule has 0 atom stereocenters. The van der Waals surface area contributed by atoms with Crippen molar-refractivity contribution >= 4 is 94.3 Å². The molecule has 22 aromatic carbocycles. The van der Waals surface area contributed by atoms with Gasteiger partial charge in [-0.05, 0) is 248 Å². The van der Waals surface area contributed by atoms with Gasteiger partial charge in [0.05, 0.1) is 11.4 Å². The van der Waals surface area contributed by atoms with Crippen LogP contribution in [-0.2, 0) is 0 Å². The average Bonchev–Trinajstić information content (AvgIpc) is 0.764. The first-order valence-corrected chi connectivity index (χ1v) is 43.5. The molecule has 0 saturated carbocycles. The van der Waals surface area contributed by atoms with Crippen LogP contribution in [0.25, 0.3) is 143 Å². The highest BCUT2D eigenvalue weighted by molar-refractivity contribution is 6.04. The molecule has 0 spiro atoms. The van der Waals surface area contributed by atoms with Crippen LogP contribution in [0, 0.1) is 0 Å². The second kappa shape index (κ2) is 36.9. The molecule has 0 bridgehead atoms. The van der Waals surface area contributed by atoms with Crippen molar-refractivity contribution in [2.24, 2.45) is 0 Å². The third kappa shape index (κ3) is 17.2. The van der Waals surface area contributed by atoms with Gasteiger partial charge in [0.15, 0.2) is 0 Å². The summed E-state index contributed by atoms with van der Waals surface area (Å²) in [4.78, 5) is 7.03. The van der Waals surface area contributed by atoms with Crippen molar-refractivity contribution in [3.8, 4) is 100 Å². The van der Waals surface area contributed by atoms with Crippen LogP contribution in [0.1, 0.15) is 0 Å². The highest BCUT2D eigenvalue weighted by atomic mass is 15.2. The summed E-state index contributed by atoms with van der Waals surface area (Å²) < 4.78 is 0. The summed E-state index contributed by atoms with van der Waals surface area (Å²) in [5.41, 5.74) is 32.1. The van der Waals surface area contributed by atoms with E-state index >= 15 is 0 Å². The van der Waals surface area contributed by atoms with Gasteiger partial charge in [-0.25, -0.2) is 0 Å². The zero-order chi connectivity index (χ0) is 84.9. The van der Waals surface area contributed by atoms with Crippen LogP contribution >= 0.6 is 0 Å². The van der Waals surface area contributed by atoms with Crippen molar-refractivity contribution in [2.45, 2.75) is 0 Å². The first-order chi connectivity index (χ1) is 63.0. The van der Waals surface area contributed by atoms with Gasteiger partial charge in [0.2, 0.25) is 0 Å². The number of hydrogen-bond donors (Lipinski definition) is 0. The molecule has 0 radical (unpaired) electrons. The van der Waals surface area contributed by atoms with Gasteiger partial charge in [-0.3, -0.25) is 0 Å². The number of anilines is 9. The Labute approximate surface area is 743 Å². The lowest BCUT2D eigenvalue weighted by atomic mass is 9.94. The number of nitrogens with zero attached hydrogens (tertiary/aromatic N) is 3. The van der Waals surface area contributed by atoms with E-state index in [9.17, 15) is 0 Å². The van der Waals surface area contributed by atoms with E-state index in [4.69, 9.17) is 0 Å². The topological polar surface area (TPSA) is 9.72 Å².